The summed E-state index contributed by atoms with van der Waals surface area (Å²) in [6.07, 6.45) is 5.63. The average Bonchev–Trinajstić information content (AvgIpc) is 2.73. The number of ether oxygens (including phenoxy) is 1. The van der Waals surface area contributed by atoms with Crippen LogP contribution in [-0.2, 0) is 29.0 Å². The van der Waals surface area contributed by atoms with Gasteiger partial charge in [-0.15, -0.1) is 0 Å². The van der Waals surface area contributed by atoms with Crippen LogP contribution >= 0.6 is 0 Å². The Labute approximate surface area is 133 Å². The van der Waals surface area contributed by atoms with Crippen LogP contribution in [0.4, 0.5) is 0 Å². The van der Waals surface area contributed by atoms with Gasteiger partial charge in [0.1, 0.15) is 18.7 Å². The van der Waals surface area contributed by atoms with Crippen molar-refractivity contribution in [2.24, 2.45) is 0 Å². The first kappa shape index (κ1) is 15.7. The Morgan fingerprint density at radius 1 is 1.39 bits per heavy atom. The van der Waals surface area contributed by atoms with E-state index in [0.29, 0.717) is 24.3 Å². The highest BCUT2D eigenvalue weighted by molar-refractivity contribution is 5.76. The number of aryl methyl sites for hydroxylation is 2. The Kier molecular flexibility index (Phi) is 4.71. The minimum absolute atomic E-state index is 0.0618. The van der Waals surface area contributed by atoms with Gasteiger partial charge in [0.25, 0.3) is 5.56 Å². The Bertz CT molecular complexity index is 764. The summed E-state index contributed by atoms with van der Waals surface area (Å²) in [6.45, 7) is 1.64. The molecule has 0 bridgehead atoms. The van der Waals surface area contributed by atoms with Gasteiger partial charge in [-0.1, -0.05) is 6.42 Å². The maximum absolute atomic E-state index is 12.5. The van der Waals surface area contributed by atoms with Crippen LogP contribution in [0.15, 0.2) is 11.1 Å². The molecule has 0 aliphatic carbocycles. The Hall–Kier alpha value is -2.22. The molecule has 8 nitrogen and oxygen atoms in total. The number of hydrogen-bond acceptors (Lipinski definition) is 5. The predicted octanol–water partition coefficient (Wildman–Crippen LogP) is 0.0820. The maximum Gasteiger partial charge on any atom is 0.282 e. The number of methoxy groups -OCH3 is 1. The van der Waals surface area contributed by atoms with E-state index in [1.165, 1.54) is 17.3 Å². The molecule has 0 saturated carbocycles. The van der Waals surface area contributed by atoms with Crippen LogP contribution in [0.1, 0.15) is 25.1 Å². The fourth-order valence-electron chi connectivity index (χ4n) is 2.85. The van der Waals surface area contributed by atoms with Gasteiger partial charge in [0.2, 0.25) is 5.91 Å². The predicted molar refractivity (Wildman–Crippen MR) is 84.2 cm³/mol. The second-order valence-electron chi connectivity index (χ2n) is 5.68. The molecule has 1 aliphatic rings. The van der Waals surface area contributed by atoms with Gasteiger partial charge >= 0.3 is 0 Å². The van der Waals surface area contributed by atoms with Gasteiger partial charge in [-0.3, -0.25) is 14.2 Å². The third kappa shape index (κ3) is 3.26. The van der Waals surface area contributed by atoms with E-state index in [0.717, 1.165) is 31.6 Å². The number of fused-ring (bicyclic) bond motifs is 3. The van der Waals surface area contributed by atoms with E-state index < -0.39 is 0 Å². The summed E-state index contributed by atoms with van der Waals surface area (Å²) < 4.78 is 8.21. The highest BCUT2D eigenvalue weighted by atomic mass is 16.5. The van der Waals surface area contributed by atoms with Gasteiger partial charge in [-0.2, -0.15) is 0 Å². The number of nitrogens with zero attached hydrogens (tertiary/aromatic N) is 4. The summed E-state index contributed by atoms with van der Waals surface area (Å²) in [4.78, 5) is 33.2. The van der Waals surface area contributed by atoms with Crippen molar-refractivity contribution in [3.05, 3.63) is 22.5 Å². The lowest BCUT2D eigenvalue weighted by atomic mass is 10.2. The van der Waals surface area contributed by atoms with Gasteiger partial charge < -0.3 is 14.6 Å². The molecule has 1 aliphatic heterocycles. The van der Waals surface area contributed by atoms with Crippen molar-refractivity contribution in [1.82, 2.24) is 24.4 Å². The Morgan fingerprint density at radius 2 is 2.26 bits per heavy atom. The number of carbonyl (C=O) groups excluding carboxylic acids is 1. The molecule has 0 saturated heterocycles. The van der Waals surface area contributed by atoms with E-state index in [1.54, 1.807) is 7.11 Å². The second-order valence-corrected chi connectivity index (χ2v) is 5.68. The van der Waals surface area contributed by atoms with Gasteiger partial charge in [-0.05, 0) is 12.8 Å². The molecule has 3 heterocycles. The molecule has 0 aromatic carbocycles. The summed E-state index contributed by atoms with van der Waals surface area (Å²) in [5.41, 5.74) is 0.717. The van der Waals surface area contributed by atoms with Crippen LogP contribution in [0.25, 0.3) is 11.2 Å². The van der Waals surface area contributed by atoms with Crippen LogP contribution in [0.2, 0.25) is 0 Å². The Balaban J connectivity index is 1.85. The van der Waals surface area contributed by atoms with E-state index in [4.69, 9.17) is 4.74 Å². The molecule has 2 aromatic rings. The first-order valence-electron chi connectivity index (χ1n) is 7.91. The molecular formula is C15H21N5O3. The van der Waals surface area contributed by atoms with E-state index in [2.05, 4.69) is 15.3 Å². The number of amides is 1. The number of aromatic nitrogens is 4. The van der Waals surface area contributed by atoms with Crippen molar-refractivity contribution in [2.45, 2.75) is 38.8 Å². The van der Waals surface area contributed by atoms with E-state index >= 15 is 0 Å². The van der Waals surface area contributed by atoms with Crippen molar-refractivity contribution in [2.75, 3.05) is 20.3 Å². The van der Waals surface area contributed by atoms with Crippen LogP contribution in [0, 0.1) is 0 Å². The molecule has 0 fully saturated rings. The van der Waals surface area contributed by atoms with Crippen molar-refractivity contribution in [1.29, 1.82) is 0 Å². The molecule has 124 valence electrons. The normalized spacial score (nSPS) is 14.5. The molecule has 1 amide bonds. The lowest BCUT2D eigenvalue weighted by molar-refractivity contribution is -0.121. The lowest BCUT2D eigenvalue weighted by Gasteiger charge is -2.07. The number of carbonyl (C=O) groups is 1. The first-order valence-corrected chi connectivity index (χ1v) is 7.91. The van der Waals surface area contributed by atoms with Crippen molar-refractivity contribution in [3.63, 3.8) is 0 Å². The number of rotatable bonds is 5. The third-order valence-electron chi connectivity index (χ3n) is 4.03. The molecule has 8 heteroatoms. The van der Waals surface area contributed by atoms with Crippen LogP contribution in [0.3, 0.4) is 0 Å². The number of nitrogens with one attached hydrogen (secondary N) is 1. The summed E-state index contributed by atoms with van der Waals surface area (Å²) in [7, 11) is 1.57. The smallest absolute Gasteiger partial charge is 0.282 e. The molecule has 0 atom stereocenters. The molecule has 2 aromatic heterocycles. The maximum atomic E-state index is 12.5. The molecule has 23 heavy (non-hydrogen) atoms. The minimum Gasteiger partial charge on any atom is -0.383 e. The molecular weight excluding hydrogens is 298 g/mol. The largest absolute Gasteiger partial charge is 0.383 e. The van der Waals surface area contributed by atoms with Crippen molar-refractivity contribution in [3.8, 4) is 0 Å². The molecule has 0 spiro atoms. The zero-order chi connectivity index (χ0) is 16.2. The monoisotopic (exact) mass is 319 g/mol. The van der Waals surface area contributed by atoms with Crippen LogP contribution in [-0.4, -0.2) is 45.3 Å². The van der Waals surface area contributed by atoms with E-state index in [-0.39, 0.29) is 18.0 Å². The zero-order valence-electron chi connectivity index (χ0n) is 13.2. The lowest BCUT2D eigenvalue weighted by Crippen LogP contribution is -2.34. The van der Waals surface area contributed by atoms with Gasteiger partial charge in [0.15, 0.2) is 11.2 Å². The summed E-state index contributed by atoms with van der Waals surface area (Å²) in [5.74, 6) is 0.676. The average molecular weight is 319 g/mol. The summed E-state index contributed by atoms with van der Waals surface area (Å²) in [6, 6.07) is 0. The van der Waals surface area contributed by atoms with E-state index in [9.17, 15) is 9.59 Å². The summed E-state index contributed by atoms with van der Waals surface area (Å²) in [5, 5.41) is 2.69. The number of imidazole rings is 1. The number of hydrogen-bond donors (Lipinski definition) is 1. The van der Waals surface area contributed by atoms with Crippen LogP contribution < -0.4 is 10.9 Å². The SMILES string of the molecule is COCCNC(=O)Cn1cnc2c(nc3n2CCCCC3)c1=O. The first-order chi connectivity index (χ1) is 11.2. The Morgan fingerprint density at radius 3 is 3.09 bits per heavy atom. The van der Waals surface area contributed by atoms with Crippen molar-refractivity contribution >= 4 is 17.1 Å². The van der Waals surface area contributed by atoms with Gasteiger partial charge in [0, 0.05) is 26.6 Å². The fourth-order valence-corrected chi connectivity index (χ4v) is 2.85. The van der Waals surface area contributed by atoms with Gasteiger partial charge in [-0.25, -0.2) is 9.97 Å². The van der Waals surface area contributed by atoms with Crippen molar-refractivity contribution < 1.29 is 9.53 Å². The van der Waals surface area contributed by atoms with Gasteiger partial charge in [0.05, 0.1) is 6.61 Å². The molecule has 0 radical (unpaired) electrons. The minimum atomic E-state index is -0.266. The molecule has 3 rings (SSSR count). The van der Waals surface area contributed by atoms with Crippen LogP contribution in [0.5, 0.6) is 0 Å². The van der Waals surface area contributed by atoms with E-state index in [1.807, 2.05) is 4.57 Å². The topological polar surface area (TPSA) is 91.0 Å². The molecule has 0 unspecified atom stereocenters. The fraction of sp³-hybridized carbons (Fsp3) is 0.600. The quantitative estimate of drug-likeness (QED) is 0.788. The summed E-state index contributed by atoms with van der Waals surface area (Å²) >= 11 is 0. The molecule has 1 N–H and O–H groups in total. The highest BCUT2D eigenvalue weighted by Gasteiger charge is 2.18. The zero-order valence-corrected chi connectivity index (χ0v) is 13.2. The standard InChI is InChI=1S/C15H21N5O3/c1-23-8-6-16-12(21)9-19-10-17-14-13(15(19)22)18-11-5-3-2-4-7-20(11)14/h10H,2-9H2,1H3,(H,16,21). The highest BCUT2D eigenvalue weighted by Crippen LogP contribution is 2.18. The second kappa shape index (κ2) is 6.91. The third-order valence-corrected chi connectivity index (χ3v) is 4.03.